The van der Waals surface area contributed by atoms with E-state index in [0.717, 1.165) is 24.0 Å². The van der Waals surface area contributed by atoms with Crippen LogP contribution in [0.25, 0.3) is 22.3 Å². The summed E-state index contributed by atoms with van der Waals surface area (Å²) < 4.78 is 34.6. The van der Waals surface area contributed by atoms with Gasteiger partial charge in [-0.05, 0) is 38.1 Å². The maximum Gasteiger partial charge on any atom is 0.228 e. The molecule has 0 saturated carbocycles. The van der Waals surface area contributed by atoms with Gasteiger partial charge >= 0.3 is 0 Å². The van der Waals surface area contributed by atoms with Gasteiger partial charge in [0.2, 0.25) is 17.7 Å². The van der Waals surface area contributed by atoms with Gasteiger partial charge < -0.3 is 15.8 Å². The monoisotopic (exact) mass is 502 g/mol. The molecule has 12 heteroatoms. The minimum absolute atomic E-state index is 0. The topological polar surface area (TPSA) is 118 Å². The summed E-state index contributed by atoms with van der Waals surface area (Å²) in [7, 11) is 0. The lowest BCUT2D eigenvalue weighted by Crippen LogP contribution is -2.25. The third-order valence-electron chi connectivity index (χ3n) is 5.78. The molecule has 0 atom stereocenters. The smallest absolute Gasteiger partial charge is 0.228 e. The third kappa shape index (κ3) is 5.57. The van der Waals surface area contributed by atoms with Crippen LogP contribution in [0.2, 0.25) is 0 Å². The van der Waals surface area contributed by atoms with Crippen LogP contribution in [0.4, 0.5) is 20.7 Å². The number of aromatic nitrogens is 5. The van der Waals surface area contributed by atoms with E-state index in [1.807, 2.05) is 18.2 Å². The maximum atomic E-state index is 14.6. The number of halogens is 3. The number of anilines is 2. The van der Waals surface area contributed by atoms with Crippen LogP contribution >= 0.6 is 12.4 Å². The predicted molar refractivity (Wildman–Crippen MR) is 131 cm³/mol. The average molecular weight is 503 g/mol. The van der Waals surface area contributed by atoms with Crippen LogP contribution in [0.1, 0.15) is 18.4 Å². The first-order chi connectivity index (χ1) is 16.6. The van der Waals surface area contributed by atoms with Crippen molar-refractivity contribution in [3.05, 3.63) is 53.7 Å². The highest BCUT2D eigenvalue weighted by Gasteiger charge is 2.17. The van der Waals surface area contributed by atoms with Crippen LogP contribution in [0.5, 0.6) is 5.75 Å². The number of hydrogen-bond acceptors (Lipinski definition) is 8. The molecule has 0 aliphatic carbocycles. The standard InChI is InChI=1S/C23H24F2N8O.ClH/c24-19-16(5-6-18(20(19)25)34-10-9-33-7-1-2-8-33)12-27-23-30-21(29-22(26)31-23)14-3-4-15-13-28-32-17(15)11-14;/h3-6,11,13H,1-2,7-10,12H2,(H,28,32)(H3,26,27,29,30,31);1H. The molecule has 2 aromatic carbocycles. The number of nitrogens with one attached hydrogen (secondary N) is 2. The first-order valence-electron chi connectivity index (χ1n) is 11.1. The maximum absolute atomic E-state index is 14.6. The normalized spacial score (nSPS) is 13.7. The molecule has 1 saturated heterocycles. The Labute approximate surface area is 206 Å². The number of fused-ring (bicyclic) bond motifs is 1. The van der Waals surface area contributed by atoms with Crippen LogP contribution < -0.4 is 15.8 Å². The summed E-state index contributed by atoms with van der Waals surface area (Å²) in [6.07, 6.45) is 4.04. The first-order valence-corrected chi connectivity index (χ1v) is 11.1. The second-order valence-electron chi connectivity index (χ2n) is 8.11. The lowest BCUT2D eigenvalue weighted by molar-refractivity contribution is 0.229. The number of ether oxygens (including phenoxy) is 1. The number of aromatic amines is 1. The number of H-pyrrole nitrogens is 1. The van der Waals surface area contributed by atoms with Crippen molar-refractivity contribution in [2.45, 2.75) is 19.4 Å². The molecule has 0 bridgehead atoms. The van der Waals surface area contributed by atoms with E-state index in [9.17, 15) is 8.78 Å². The van der Waals surface area contributed by atoms with Crippen molar-refractivity contribution in [1.82, 2.24) is 30.0 Å². The van der Waals surface area contributed by atoms with Gasteiger partial charge in [0.25, 0.3) is 0 Å². The Balaban J connectivity index is 0.00000289. The predicted octanol–water partition coefficient (Wildman–Crippen LogP) is 3.78. The van der Waals surface area contributed by atoms with E-state index in [4.69, 9.17) is 10.5 Å². The lowest BCUT2D eigenvalue weighted by atomic mass is 10.1. The van der Waals surface area contributed by atoms with Gasteiger partial charge in [0.15, 0.2) is 17.4 Å². The third-order valence-corrected chi connectivity index (χ3v) is 5.78. The number of likely N-dealkylation sites (tertiary alicyclic amines) is 1. The fourth-order valence-electron chi connectivity index (χ4n) is 3.96. The molecule has 0 amide bonds. The van der Waals surface area contributed by atoms with Gasteiger partial charge in [0, 0.05) is 29.6 Å². The molecular formula is C23H25ClF2N8O. The summed E-state index contributed by atoms with van der Waals surface area (Å²) >= 11 is 0. The van der Waals surface area contributed by atoms with Crippen LogP contribution in [0.15, 0.2) is 36.5 Å². The zero-order valence-electron chi connectivity index (χ0n) is 18.8. The molecule has 9 nitrogen and oxygen atoms in total. The Kier molecular flexibility index (Phi) is 7.57. The number of nitrogens with two attached hydrogens (primary N) is 1. The van der Waals surface area contributed by atoms with Gasteiger partial charge in [0.05, 0.1) is 11.7 Å². The summed E-state index contributed by atoms with van der Waals surface area (Å²) in [4.78, 5) is 14.8. The Bertz CT molecular complexity index is 1310. The van der Waals surface area contributed by atoms with E-state index >= 15 is 0 Å². The molecule has 0 radical (unpaired) electrons. The average Bonchev–Trinajstić information content (AvgIpc) is 3.52. The molecule has 4 N–H and O–H groups in total. The van der Waals surface area contributed by atoms with Crippen molar-refractivity contribution in [2.24, 2.45) is 0 Å². The van der Waals surface area contributed by atoms with Crippen LogP contribution in [-0.2, 0) is 6.54 Å². The Hall–Kier alpha value is -3.57. The van der Waals surface area contributed by atoms with Gasteiger partial charge in [-0.3, -0.25) is 10.00 Å². The minimum Gasteiger partial charge on any atom is -0.489 e. The van der Waals surface area contributed by atoms with Crippen molar-refractivity contribution in [2.75, 3.05) is 37.3 Å². The molecule has 4 aromatic rings. The Morgan fingerprint density at radius 2 is 1.89 bits per heavy atom. The fraction of sp³-hybridized carbons (Fsp3) is 0.304. The zero-order valence-corrected chi connectivity index (χ0v) is 19.6. The Morgan fingerprint density at radius 1 is 1.06 bits per heavy atom. The van der Waals surface area contributed by atoms with E-state index in [1.54, 1.807) is 6.20 Å². The summed E-state index contributed by atoms with van der Waals surface area (Å²) in [5.74, 6) is -1.58. The second kappa shape index (κ2) is 10.8. The van der Waals surface area contributed by atoms with Gasteiger partial charge in [0.1, 0.15) is 6.61 Å². The van der Waals surface area contributed by atoms with Crippen molar-refractivity contribution >= 4 is 35.2 Å². The minimum atomic E-state index is -1.01. The van der Waals surface area contributed by atoms with Gasteiger partial charge in [-0.25, -0.2) is 4.39 Å². The first kappa shape index (κ1) is 24.6. The van der Waals surface area contributed by atoms with Crippen molar-refractivity contribution in [3.63, 3.8) is 0 Å². The quantitative estimate of drug-likeness (QED) is 0.333. The Morgan fingerprint density at radius 3 is 2.71 bits per heavy atom. The van der Waals surface area contributed by atoms with Crippen molar-refractivity contribution in [3.8, 4) is 17.1 Å². The largest absolute Gasteiger partial charge is 0.489 e. The molecule has 0 spiro atoms. The number of nitrogens with zero attached hydrogens (tertiary/aromatic N) is 5. The SMILES string of the molecule is Cl.Nc1nc(NCc2ccc(OCCN3CCCC3)c(F)c2F)nc(-c2ccc3cn[nH]c3c2)n1. The highest BCUT2D eigenvalue weighted by molar-refractivity contribution is 5.85. The molecule has 0 unspecified atom stereocenters. The fourth-order valence-corrected chi connectivity index (χ4v) is 3.96. The van der Waals surface area contributed by atoms with E-state index in [-0.39, 0.29) is 42.2 Å². The molecule has 5 rings (SSSR count). The second-order valence-corrected chi connectivity index (χ2v) is 8.11. The van der Waals surface area contributed by atoms with Gasteiger partial charge in [-0.1, -0.05) is 18.2 Å². The summed E-state index contributed by atoms with van der Waals surface area (Å²) in [5.41, 5.74) is 7.50. The molecule has 2 aromatic heterocycles. The molecule has 35 heavy (non-hydrogen) atoms. The van der Waals surface area contributed by atoms with Gasteiger partial charge in [-0.15, -0.1) is 12.4 Å². The van der Waals surface area contributed by atoms with E-state index in [1.165, 1.54) is 25.0 Å². The highest BCUT2D eigenvalue weighted by Crippen LogP contribution is 2.25. The van der Waals surface area contributed by atoms with Crippen molar-refractivity contribution in [1.29, 1.82) is 0 Å². The molecule has 1 aliphatic rings. The molecular weight excluding hydrogens is 478 g/mol. The van der Waals surface area contributed by atoms with E-state index in [0.29, 0.717) is 24.5 Å². The lowest BCUT2D eigenvalue weighted by Gasteiger charge is -2.16. The summed E-state index contributed by atoms with van der Waals surface area (Å²) in [6.45, 7) is 3.00. The van der Waals surface area contributed by atoms with Crippen LogP contribution in [0, 0.1) is 11.6 Å². The summed E-state index contributed by atoms with van der Waals surface area (Å²) in [6, 6.07) is 8.49. The summed E-state index contributed by atoms with van der Waals surface area (Å²) in [5, 5.41) is 10.7. The zero-order chi connectivity index (χ0) is 23.5. The van der Waals surface area contributed by atoms with Crippen molar-refractivity contribution < 1.29 is 13.5 Å². The molecule has 184 valence electrons. The number of hydrogen-bond donors (Lipinski definition) is 3. The molecule has 1 fully saturated rings. The van der Waals surface area contributed by atoms with Crippen LogP contribution in [-0.4, -0.2) is 56.3 Å². The molecule has 3 heterocycles. The molecule has 1 aliphatic heterocycles. The number of benzene rings is 2. The van der Waals surface area contributed by atoms with Crippen LogP contribution in [0.3, 0.4) is 0 Å². The van der Waals surface area contributed by atoms with E-state index < -0.39 is 11.6 Å². The van der Waals surface area contributed by atoms with Gasteiger partial charge in [-0.2, -0.15) is 24.4 Å². The van der Waals surface area contributed by atoms with E-state index in [2.05, 4.69) is 35.4 Å². The number of rotatable bonds is 8. The highest BCUT2D eigenvalue weighted by atomic mass is 35.5. The number of nitrogen functional groups attached to an aromatic ring is 1.